The first kappa shape index (κ1) is 10.1. The van der Waals surface area contributed by atoms with Gasteiger partial charge in [-0.05, 0) is 20.0 Å². The van der Waals surface area contributed by atoms with Gasteiger partial charge in [-0.15, -0.1) is 0 Å². The van der Waals surface area contributed by atoms with E-state index in [4.69, 9.17) is 4.74 Å². The van der Waals surface area contributed by atoms with E-state index in [1.807, 2.05) is 38.7 Å². The van der Waals surface area contributed by atoms with Crippen molar-refractivity contribution in [3.05, 3.63) is 36.4 Å². The van der Waals surface area contributed by atoms with Crippen molar-refractivity contribution in [3.63, 3.8) is 0 Å². The second-order valence-corrected chi connectivity index (χ2v) is 2.99. The number of nitrogens with zero attached hydrogens (tertiary/aromatic N) is 1. The quantitative estimate of drug-likeness (QED) is 0.701. The van der Waals surface area contributed by atoms with E-state index >= 15 is 0 Å². The Kier molecular flexibility index (Phi) is 3.77. The van der Waals surface area contributed by atoms with Crippen LogP contribution in [0.25, 0.3) is 0 Å². The van der Waals surface area contributed by atoms with Gasteiger partial charge >= 0.3 is 0 Å². The molecule has 13 heavy (non-hydrogen) atoms. The summed E-state index contributed by atoms with van der Waals surface area (Å²) in [6.45, 7) is 4.96. The average Bonchev–Trinajstić information content (AvgIpc) is 2.18. The second kappa shape index (κ2) is 4.87. The van der Waals surface area contributed by atoms with E-state index in [0.29, 0.717) is 0 Å². The first-order valence-electron chi connectivity index (χ1n) is 4.39. The molecule has 0 aliphatic heterocycles. The minimum Gasteiger partial charge on any atom is -0.496 e. The Morgan fingerprint density at radius 2 is 2.08 bits per heavy atom. The van der Waals surface area contributed by atoms with Crippen molar-refractivity contribution in [2.75, 3.05) is 14.2 Å². The van der Waals surface area contributed by atoms with E-state index in [0.717, 1.165) is 12.3 Å². The van der Waals surface area contributed by atoms with Gasteiger partial charge in [0.05, 0.1) is 7.11 Å². The van der Waals surface area contributed by atoms with Crippen molar-refractivity contribution in [1.82, 2.24) is 4.90 Å². The molecule has 2 heteroatoms. The van der Waals surface area contributed by atoms with Gasteiger partial charge in [0.15, 0.2) is 0 Å². The molecule has 0 saturated carbocycles. The zero-order valence-corrected chi connectivity index (χ0v) is 8.45. The van der Waals surface area contributed by atoms with E-state index in [9.17, 15) is 0 Å². The fourth-order valence-electron chi connectivity index (χ4n) is 1.19. The number of hydrogen-bond acceptors (Lipinski definition) is 2. The Hall–Kier alpha value is -1.02. The summed E-state index contributed by atoms with van der Waals surface area (Å²) in [7, 11) is 3.75. The molecule has 0 aliphatic carbocycles. The highest BCUT2D eigenvalue weighted by Crippen LogP contribution is 2.18. The minimum atomic E-state index is 0.889. The second-order valence-electron chi connectivity index (χ2n) is 2.99. The molecule has 0 aliphatic rings. The Morgan fingerprint density at radius 3 is 2.69 bits per heavy atom. The van der Waals surface area contributed by atoms with Crippen LogP contribution in [0.15, 0.2) is 24.3 Å². The number of ether oxygens (including phenoxy) is 1. The third kappa shape index (κ3) is 2.74. The van der Waals surface area contributed by atoms with Gasteiger partial charge in [0.2, 0.25) is 0 Å². The van der Waals surface area contributed by atoms with Gasteiger partial charge in [-0.1, -0.05) is 18.2 Å². The lowest BCUT2D eigenvalue weighted by Gasteiger charge is -2.15. The summed E-state index contributed by atoms with van der Waals surface area (Å²) in [5.41, 5.74) is 1.21. The number of hydrogen-bond donors (Lipinski definition) is 0. The highest BCUT2D eigenvalue weighted by atomic mass is 16.5. The predicted octanol–water partition coefficient (Wildman–Crippen LogP) is 2.31. The number of benzene rings is 1. The summed E-state index contributed by atoms with van der Waals surface area (Å²) >= 11 is 0. The fraction of sp³-hybridized carbons (Fsp3) is 0.364. The number of para-hydroxylation sites is 1. The van der Waals surface area contributed by atoms with Crippen molar-refractivity contribution < 1.29 is 4.74 Å². The van der Waals surface area contributed by atoms with Crippen molar-refractivity contribution >= 4 is 0 Å². The molecule has 0 aromatic heterocycles. The topological polar surface area (TPSA) is 12.5 Å². The monoisotopic (exact) mass is 178 g/mol. The first-order valence-corrected chi connectivity index (χ1v) is 4.39. The third-order valence-electron chi connectivity index (χ3n) is 2.05. The van der Waals surface area contributed by atoms with E-state index in [1.165, 1.54) is 5.56 Å². The van der Waals surface area contributed by atoms with Gasteiger partial charge in [-0.2, -0.15) is 0 Å². The summed E-state index contributed by atoms with van der Waals surface area (Å²) in [4.78, 5) is 2.12. The molecule has 0 atom stereocenters. The maximum Gasteiger partial charge on any atom is 0.123 e. The van der Waals surface area contributed by atoms with Gasteiger partial charge in [0.1, 0.15) is 5.75 Å². The maximum atomic E-state index is 5.25. The maximum absolute atomic E-state index is 5.25. The normalized spacial score (nSPS) is 10.5. The summed E-state index contributed by atoms with van der Waals surface area (Å²) in [5.74, 6) is 0.955. The van der Waals surface area contributed by atoms with Crippen LogP contribution < -0.4 is 4.74 Å². The molecule has 2 nitrogen and oxygen atoms in total. The van der Waals surface area contributed by atoms with Gasteiger partial charge in [0, 0.05) is 18.7 Å². The largest absolute Gasteiger partial charge is 0.496 e. The van der Waals surface area contributed by atoms with Crippen LogP contribution in [0.4, 0.5) is 0 Å². The van der Waals surface area contributed by atoms with Crippen molar-refractivity contribution in [2.45, 2.75) is 13.5 Å². The van der Waals surface area contributed by atoms with Crippen molar-refractivity contribution in [2.24, 2.45) is 0 Å². The van der Waals surface area contributed by atoms with Gasteiger partial charge in [-0.25, -0.2) is 0 Å². The molecule has 71 valence electrons. The van der Waals surface area contributed by atoms with Crippen LogP contribution in [0.2, 0.25) is 0 Å². The molecule has 0 bridgehead atoms. The fourth-order valence-corrected chi connectivity index (χ4v) is 1.19. The Labute approximate surface area is 80.1 Å². The van der Waals surface area contributed by atoms with Crippen LogP contribution >= 0.6 is 0 Å². The molecule has 1 radical (unpaired) electrons. The zero-order valence-electron chi connectivity index (χ0n) is 8.45. The lowest BCUT2D eigenvalue weighted by molar-refractivity contribution is 0.373. The summed E-state index contributed by atoms with van der Waals surface area (Å²) in [6, 6.07) is 8.08. The molecule has 0 unspecified atom stereocenters. The molecular formula is C11H16NO. The highest BCUT2D eigenvalue weighted by Gasteiger charge is 2.03. The molecule has 0 spiro atoms. The van der Waals surface area contributed by atoms with Crippen molar-refractivity contribution in [3.8, 4) is 5.75 Å². The van der Waals surface area contributed by atoms with Crippen LogP contribution in [0.3, 0.4) is 0 Å². The SMILES string of the molecule is C[CH]N(C)Cc1ccccc1OC. The van der Waals surface area contributed by atoms with Crippen LogP contribution in [0.5, 0.6) is 5.75 Å². The van der Waals surface area contributed by atoms with E-state index in [2.05, 4.69) is 11.0 Å². The third-order valence-corrected chi connectivity index (χ3v) is 2.05. The molecular weight excluding hydrogens is 162 g/mol. The molecule has 0 N–H and O–H groups in total. The Balaban J connectivity index is 2.74. The highest BCUT2D eigenvalue weighted by molar-refractivity contribution is 5.33. The zero-order chi connectivity index (χ0) is 9.68. The number of rotatable bonds is 4. The van der Waals surface area contributed by atoms with E-state index in [1.54, 1.807) is 7.11 Å². The smallest absolute Gasteiger partial charge is 0.123 e. The lowest BCUT2D eigenvalue weighted by atomic mass is 10.2. The van der Waals surface area contributed by atoms with Gasteiger partial charge in [-0.3, -0.25) is 4.90 Å². The van der Waals surface area contributed by atoms with E-state index < -0.39 is 0 Å². The molecule has 1 aromatic rings. The van der Waals surface area contributed by atoms with E-state index in [-0.39, 0.29) is 0 Å². The average molecular weight is 178 g/mol. The summed E-state index contributed by atoms with van der Waals surface area (Å²) in [6.07, 6.45) is 0. The van der Waals surface area contributed by atoms with Crippen molar-refractivity contribution in [1.29, 1.82) is 0 Å². The number of methoxy groups -OCH3 is 1. The Bertz CT molecular complexity index is 260. The summed E-state index contributed by atoms with van der Waals surface area (Å²) < 4.78 is 5.25. The van der Waals surface area contributed by atoms with Crippen LogP contribution in [-0.4, -0.2) is 19.1 Å². The molecule has 0 saturated heterocycles. The van der Waals surface area contributed by atoms with Gasteiger partial charge < -0.3 is 4.74 Å². The van der Waals surface area contributed by atoms with Crippen LogP contribution in [0, 0.1) is 6.54 Å². The minimum absolute atomic E-state index is 0.889. The van der Waals surface area contributed by atoms with Crippen LogP contribution in [0.1, 0.15) is 12.5 Å². The lowest BCUT2D eigenvalue weighted by Crippen LogP contribution is -2.13. The molecule has 1 aromatic carbocycles. The molecule has 0 fully saturated rings. The molecule has 0 amide bonds. The van der Waals surface area contributed by atoms with Crippen LogP contribution in [-0.2, 0) is 6.54 Å². The Morgan fingerprint density at radius 1 is 1.38 bits per heavy atom. The molecule has 0 heterocycles. The predicted molar refractivity (Wildman–Crippen MR) is 54.4 cm³/mol. The first-order chi connectivity index (χ1) is 6.27. The summed E-state index contributed by atoms with van der Waals surface area (Å²) in [5, 5.41) is 0. The standard InChI is InChI=1S/C11H16NO/c1-4-12(2)9-10-7-5-6-8-11(10)13-3/h4-8H,9H2,1-3H3. The van der Waals surface area contributed by atoms with Gasteiger partial charge in [0.25, 0.3) is 0 Å². The molecule has 1 rings (SSSR count).